The van der Waals surface area contributed by atoms with Gasteiger partial charge in [-0.1, -0.05) is 0 Å². The van der Waals surface area contributed by atoms with Crippen molar-refractivity contribution < 1.29 is 14.3 Å². The molecule has 0 aliphatic carbocycles. The maximum absolute atomic E-state index is 12.2. The zero-order valence-corrected chi connectivity index (χ0v) is 11.8. The van der Waals surface area contributed by atoms with E-state index in [1.54, 1.807) is 21.9 Å². The molecule has 0 aromatic carbocycles. The number of amides is 1. The van der Waals surface area contributed by atoms with E-state index in [9.17, 15) is 9.59 Å². The SMILES string of the molecule is COC(=O)C1CCCCN1C(=O)/C=C/c1cnn(C)c1. The number of hydrogen-bond acceptors (Lipinski definition) is 4. The molecule has 0 radical (unpaired) electrons. The summed E-state index contributed by atoms with van der Waals surface area (Å²) in [7, 11) is 3.17. The number of esters is 1. The van der Waals surface area contributed by atoms with Crippen molar-refractivity contribution in [2.45, 2.75) is 25.3 Å². The summed E-state index contributed by atoms with van der Waals surface area (Å²) in [6.45, 7) is 0.593. The van der Waals surface area contributed by atoms with Gasteiger partial charge in [0.25, 0.3) is 0 Å². The van der Waals surface area contributed by atoms with Gasteiger partial charge in [0.1, 0.15) is 6.04 Å². The van der Waals surface area contributed by atoms with Crippen LogP contribution in [0.3, 0.4) is 0 Å². The van der Waals surface area contributed by atoms with E-state index < -0.39 is 6.04 Å². The first kappa shape index (κ1) is 14.3. The van der Waals surface area contributed by atoms with Crippen LogP contribution in [0.4, 0.5) is 0 Å². The molecular weight excluding hydrogens is 258 g/mol. The van der Waals surface area contributed by atoms with Crippen LogP contribution >= 0.6 is 0 Å². The average Bonchev–Trinajstić information content (AvgIpc) is 2.89. The summed E-state index contributed by atoms with van der Waals surface area (Å²) in [5.41, 5.74) is 0.854. The normalized spacial score (nSPS) is 19.3. The molecular formula is C14H19N3O3. The number of rotatable bonds is 3. The number of carbonyl (C=O) groups is 2. The molecule has 2 heterocycles. The number of likely N-dealkylation sites (tertiary alicyclic amines) is 1. The second kappa shape index (κ2) is 6.36. The van der Waals surface area contributed by atoms with Crippen molar-refractivity contribution in [1.82, 2.24) is 14.7 Å². The first-order chi connectivity index (χ1) is 9.61. The van der Waals surface area contributed by atoms with Gasteiger partial charge < -0.3 is 9.64 Å². The van der Waals surface area contributed by atoms with E-state index in [4.69, 9.17) is 4.74 Å². The summed E-state index contributed by atoms with van der Waals surface area (Å²) in [6, 6.07) is -0.459. The van der Waals surface area contributed by atoms with Gasteiger partial charge in [-0.05, 0) is 25.3 Å². The highest BCUT2D eigenvalue weighted by molar-refractivity contribution is 5.94. The lowest BCUT2D eigenvalue weighted by atomic mass is 10.0. The van der Waals surface area contributed by atoms with Gasteiger partial charge in [-0.2, -0.15) is 5.10 Å². The third-order valence-corrected chi connectivity index (χ3v) is 3.40. The first-order valence-electron chi connectivity index (χ1n) is 6.67. The molecule has 1 fully saturated rings. The van der Waals surface area contributed by atoms with E-state index in [2.05, 4.69) is 5.10 Å². The van der Waals surface area contributed by atoms with Gasteiger partial charge in [0, 0.05) is 31.4 Å². The lowest BCUT2D eigenvalue weighted by Crippen LogP contribution is -2.47. The molecule has 0 bridgehead atoms. The summed E-state index contributed by atoms with van der Waals surface area (Å²) < 4.78 is 6.43. The molecule has 1 aliphatic rings. The number of methoxy groups -OCH3 is 1. The van der Waals surface area contributed by atoms with E-state index >= 15 is 0 Å². The van der Waals surface area contributed by atoms with Crippen molar-refractivity contribution >= 4 is 18.0 Å². The van der Waals surface area contributed by atoms with Crippen molar-refractivity contribution in [3.63, 3.8) is 0 Å². The summed E-state index contributed by atoms with van der Waals surface area (Å²) in [4.78, 5) is 25.5. The van der Waals surface area contributed by atoms with Gasteiger partial charge in [-0.15, -0.1) is 0 Å². The van der Waals surface area contributed by atoms with Gasteiger partial charge in [-0.25, -0.2) is 4.79 Å². The lowest BCUT2D eigenvalue weighted by molar-refractivity contribution is -0.153. The van der Waals surface area contributed by atoms with Crippen LogP contribution in [0.15, 0.2) is 18.5 Å². The average molecular weight is 277 g/mol. The second-order valence-corrected chi connectivity index (χ2v) is 4.85. The van der Waals surface area contributed by atoms with Crippen LogP contribution in [0.1, 0.15) is 24.8 Å². The number of carbonyl (C=O) groups excluding carboxylic acids is 2. The van der Waals surface area contributed by atoms with Crippen LogP contribution < -0.4 is 0 Å². The minimum Gasteiger partial charge on any atom is -0.467 e. The Morgan fingerprint density at radius 3 is 2.90 bits per heavy atom. The second-order valence-electron chi connectivity index (χ2n) is 4.85. The zero-order valence-electron chi connectivity index (χ0n) is 11.8. The fourth-order valence-corrected chi connectivity index (χ4v) is 2.37. The van der Waals surface area contributed by atoms with E-state index in [-0.39, 0.29) is 11.9 Å². The molecule has 0 spiro atoms. The number of hydrogen-bond donors (Lipinski definition) is 0. The summed E-state index contributed by atoms with van der Waals surface area (Å²) in [5, 5.41) is 4.03. The van der Waals surface area contributed by atoms with Crippen molar-refractivity contribution in [1.29, 1.82) is 0 Å². The van der Waals surface area contributed by atoms with Crippen LogP contribution in [0.5, 0.6) is 0 Å². The Balaban J connectivity index is 2.06. The number of nitrogens with zero attached hydrogens (tertiary/aromatic N) is 3. The molecule has 1 aromatic heterocycles. The predicted molar refractivity (Wildman–Crippen MR) is 73.6 cm³/mol. The number of aromatic nitrogens is 2. The Bertz CT molecular complexity index is 521. The fraction of sp³-hybridized carbons (Fsp3) is 0.500. The maximum Gasteiger partial charge on any atom is 0.328 e. The Morgan fingerprint density at radius 1 is 1.45 bits per heavy atom. The Hall–Kier alpha value is -2.11. The van der Waals surface area contributed by atoms with Gasteiger partial charge in [0.05, 0.1) is 13.3 Å². The largest absolute Gasteiger partial charge is 0.467 e. The van der Waals surface area contributed by atoms with Crippen LogP contribution in [-0.2, 0) is 21.4 Å². The lowest BCUT2D eigenvalue weighted by Gasteiger charge is -2.32. The van der Waals surface area contributed by atoms with Gasteiger partial charge >= 0.3 is 5.97 Å². The van der Waals surface area contributed by atoms with Crippen molar-refractivity contribution in [3.8, 4) is 0 Å². The predicted octanol–water partition coefficient (Wildman–Crippen LogP) is 0.987. The third-order valence-electron chi connectivity index (χ3n) is 3.40. The zero-order chi connectivity index (χ0) is 14.5. The molecule has 0 saturated carbocycles. The molecule has 20 heavy (non-hydrogen) atoms. The topological polar surface area (TPSA) is 64.4 Å². The highest BCUT2D eigenvalue weighted by Crippen LogP contribution is 2.18. The molecule has 2 rings (SSSR count). The molecule has 6 heteroatoms. The van der Waals surface area contributed by atoms with Crippen LogP contribution in [-0.4, -0.2) is 46.3 Å². The first-order valence-corrected chi connectivity index (χ1v) is 6.67. The smallest absolute Gasteiger partial charge is 0.328 e. The van der Waals surface area contributed by atoms with Crippen LogP contribution in [0, 0.1) is 0 Å². The van der Waals surface area contributed by atoms with Gasteiger partial charge in [0.15, 0.2) is 0 Å². The molecule has 1 saturated heterocycles. The fourth-order valence-electron chi connectivity index (χ4n) is 2.37. The maximum atomic E-state index is 12.2. The number of aryl methyl sites for hydroxylation is 1. The van der Waals surface area contributed by atoms with E-state index in [0.29, 0.717) is 13.0 Å². The van der Waals surface area contributed by atoms with Crippen molar-refractivity contribution in [3.05, 3.63) is 24.0 Å². The minimum absolute atomic E-state index is 0.163. The monoisotopic (exact) mass is 277 g/mol. The standard InChI is InChI=1S/C14H19N3O3/c1-16-10-11(9-15-16)6-7-13(18)17-8-4-3-5-12(17)14(19)20-2/h6-7,9-10,12H,3-5,8H2,1-2H3/b7-6+. The molecule has 1 atom stereocenters. The van der Waals surface area contributed by atoms with Crippen LogP contribution in [0.25, 0.3) is 6.08 Å². The molecule has 1 aliphatic heterocycles. The molecule has 0 N–H and O–H groups in total. The third kappa shape index (κ3) is 3.26. The highest BCUT2D eigenvalue weighted by atomic mass is 16.5. The van der Waals surface area contributed by atoms with Gasteiger partial charge in [-0.3, -0.25) is 9.48 Å². The van der Waals surface area contributed by atoms with E-state index in [1.165, 1.54) is 13.2 Å². The molecule has 1 unspecified atom stereocenters. The van der Waals surface area contributed by atoms with Crippen molar-refractivity contribution in [2.24, 2.45) is 7.05 Å². The molecule has 108 valence electrons. The van der Waals surface area contributed by atoms with E-state index in [0.717, 1.165) is 18.4 Å². The molecule has 6 nitrogen and oxygen atoms in total. The Morgan fingerprint density at radius 2 is 2.25 bits per heavy atom. The van der Waals surface area contributed by atoms with Gasteiger partial charge in [0.2, 0.25) is 5.91 Å². The van der Waals surface area contributed by atoms with Crippen LogP contribution in [0.2, 0.25) is 0 Å². The summed E-state index contributed by atoms with van der Waals surface area (Å²) >= 11 is 0. The van der Waals surface area contributed by atoms with E-state index in [1.807, 2.05) is 13.2 Å². The number of piperidine rings is 1. The number of ether oxygens (including phenoxy) is 1. The Labute approximate surface area is 118 Å². The quantitative estimate of drug-likeness (QED) is 0.610. The minimum atomic E-state index is -0.459. The summed E-state index contributed by atoms with van der Waals surface area (Å²) in [5.74, 6) is -0.503. The van der Waals surface area contributed by atoms with Crippen molar-refractivity contribution in [2.75, 3.05) is 13.7 Å². The highest BCUT2D eigenvalue weighted by Gasteiger charge is 2.31. The molecule has 1 amide bonds. The Kier molecular flexibility index (Phi) is 4.55. The summed E-state index contributed by atoms with van der Waals surface area (Å²) in [6.07, 6.45) is 9.21. The molecule has 1 aromatic rings.